The van der Waals surface area contributed by atoms with Gasteiger partial charge in [-0.3, -0.25) is 9.59 Å². The van der Waals surface area contributed by atoms with Gasteiger partial charge in [0.25, 0.3) is 0 Å². The number of likely N-dealkylation sites (N-methyl/N-ethyl adjacent to an activating group) is 1. The highest BCUT2D eigenvalue weighted by Gasteiger charge is 2.38. The van der Waals surface area contributed by atoms with Gasteiger partial charge in [-0.05, 0) is 25.1 Å². The van der Waals surface area contributed by atoms with Crippen LogP contribution in [0.5, 0.6) is 0 Å². The molecule has 0 bridgehead atoms. The predicted molar refractivity (Wildman–Crippen MR) is 86.0 cm³/mol. The normalized spacial score (nSPS) is 24.8. The van der Waals surface area contributed by atoms with Gasteiger partial charge in [0.2, 0.25) is 11.8 Å². The summed E-state index contributed by atoms with van der Waals surface area (Å²) in [4.78, 5) is 28.3. The number of hydrogen-bond donors (Lipinski definition) is 1. The number of amides is 2. The summed E-state index contributed by atoms with van der Waals surface area (Å²) in [7, 11) is 1.84. The molecular weight excluding hydrogens is 302 g/mol. The molecule has 22 heavy (non-hydrogen) atoms. The number of nitrogens with one attached hydrogen (secondary N) is 1. The molecular formula is C16H20ClN3O2. The monoisotopic (exact) mass is 321 g/mol. The van der Waals surface area contributed by atoms with Crippen LogP contribution in [-0.4, -0.2) is 49.4 Å². The van der Waals surface area contributed by atoms with E-state index in [-0.39, 0.29) is 30.2 Å². The van der Waals surface area contributed by atoms with E-state index in [0.717, 1.165) is 19.5 Å². The first-order valence-corrected chi connectivity index (χ1v) is 7.98. The van der Waals surface area contributed by atoms with Crippen LogP contribution in [0, 0.1) is 5.92 Å². The zero-order valence-electron chi connectivity index (χ0n) is 12.6. The summed E-state index contributed by atoms with van der Waals surface area (Å²) in [5, 5.41) is 3.80. The van der Waals surface area contributed by atoms with Crippen molar-refractivity contribution in [1.29, 1.82) is 0 Å². The number of carbonyl (C=O) groups is 2. The molecule has 0 aliphatic carbocycles. The highest BCUT2D eigenvalue weighted by molar-refractivity contribution is 6.33. The quantitative estimate of drug-likeness (QED) is 0.918. The third kappa shape index (κ3) is 2.83. The average Bonchev–Trinajstić information content (AvgIpc) is 3.16. The van der Waals surface area contributed by atoms with Gasteiger partial charge in [0.05, 0.1) is 16.6 Å². The topological polar surface area (TPSA) is 52.7 Å². The molecule has 6 heteroatoms. The van der Waals surface area contributed by atoms with Crippen LogP contribution in [0.1, 0.15) is 12.8 Å². The molecule has 1 aromatic rings. The van der Waals surface area contributed by atoms with E-state index in [4.69, 9.17) is 11.6 Å². The highest BCUT2D eigenvalue weighted by atomic mass is 35.5. The van der Waals surface area contributed by atoms with Crippen molar-refractivity contribution in [3.63, 3.8) is 0 Å². The van der Waals surface area contributed by atoms with E-state index in [1.807, 2.05) is 25.2 Å². The van der Waals surface area contributed by atoms with Crippen LogP contribution in [0.2, 0.25) is 5.02 Å². The molecule has 2 heterocycles. The summed E-state index contributed by atoms with van der Waals surface area (Å²) >= 11 is 6.17. The van der Waals surface area contributed by atoms with Gasteiger partial charge >= 0.3 is 0 Å². The number of benzene rings is 1. The van der Waals surface area contributed by atoms with Gasteiger partial charge in [0.1, 0.15) is 0 Å². The molecule has 118 valence electrons. The molecule has 2 fully saturated rings. The third-order valence-corrected chi connectivity index (χ3v) is 4.87. The van der Waals surface area contributed by atoms with Crippen molar-refractivity contribution in [2.75, 3.05) is 31.6 Å². The molecule has 0 radical (unpaired) electrons. The molecule has 1 N–H and O–H groups in total. The fourth-order valence-corrected chi connectivity index (χ4v) is 3.45. The Labute approximate surface area is 135 Å². The lowest BCUT2D eigenvalue weighted by molar-refractivity contribution is -0.136. The Morgan fingerprint density at radius 3 is 2.86 bits per heavy atom. The maximum atomic E-state index is 12.6. The number of carbonyl (C=O) groups excluding carboxylic acids is 2. The molecule has 0 spiro atoms. The molecule has 3 rings (SSSR count). The third-order valence-electron chi connectivity index (χ3n) is 4.55. The number of halogens is 1. The lowest BCUT2D eigenvalue weighted by Gasteiger charge is -2.26. The Morgan fingerprint density at radius 2 is 2.18 bits per heavy atom. The Hall–Kier alpha value is -1.59. The SMILES string of the molecule is CN(C(=O)[C@H]1CC(=O)N(c2ccccc2Cl)C1)[C@@H]1CCNC1. The molecule has 0 unspecified atom stereocenters. The van der Waals surface area contributed by atoms with E-state index in [1.54, 1.807) is 15.9 Å². The van der Waals surface area contributed by atoms with Crippen molar-refractivity contribution >= 4 is 29.1 Å². The standard InChI is InChI=1S/C16H20ClN3O2/c1-19(12-6-7-18-9-12)16(22)11-8-15(21)20(10-11)14-5-3-2-4-13(14)17/h2-5,11-12,18H,6-10H2,1H3/t11-,12+/m0/s1. The first-order chi connectivity index (χ1) is 10.6. The van der Waals surface area contributed by atoms with Crippen LogP contribution < -0.4 is 10.2 Å². The number of para-hydroxylation sites is 1. The Bertz CT molecular complexity index is 587. The molecule has 2 saturated heterocycles. The first-order valence-electron chi connectivity index (χ1n) is 7.60. The Morgan fingerprint density at radius 1 is 1.41 bits per heavy atom. The van der Waals surface area contributed by atoms with Gasteiger partial charge in [0, 0.05) is 32.6 Å². The lowest BCUT2D eigenvalue weighted by Crippen LogP contribution is -2.42. The van der Waals surface area contributed by atoms with Crippen molar-refractivity contribution in [2.45, 2.75) is 18.9 Å². The molecule has 2 atom stereocenters. The molecule has 1 aromatic carbocycles. The number of rotatable bonds is 3. The lowest BCUT2D eigenvalue weighted by atomic mass is 10.1. The number of hydrogen-bond acceptors (Lipinski definition) is 3. The minimum atomic E-state index is -0.283. The highest BCUT2D eigenvalue weighted by Crippen LogP contribution is 2.31. The molecule has 0 aromatic heterocycles. The van der Waals surface area contributed by atoms with E-state index in [2.05, 4.69) is 5.32 Å². The van der Waals surface area contributed by atoms with E-state index in [9.17, 15) is 9.59 Å². The van der Waals surface area contributed by atoms with Crippen molar-refractivity contribution in [2.24, 2.45) is 5.92 Å². The van der Waals surface area contributed by atoms with Crippen LogP contribution in [0.3, 0.4) is 0 Å². The van der Waals surface area contributed by atoms with Crippen LogP contribution in [0.15, 0.2) is 24.3 Å². The van der Waals surface area contributed by atoms with Gasteiger partial charge in [-0.15, -0.1) is 0 Å². The Balaban J connectivity index is 1.71. The van der Waals surface area contributed by atoms with Crippen molar-refractivity contribution in [3.05, 3.63) is 29.3 Å². The zero-order valence-corrected chi connectivity index (χ0v) is 13.3. The van der Waals surface area contributed by atoms with Crippen LogP contribution in [0.4, 0.5) is 5.69 Å². The number of nitrogens with zero attached hydrogens (tertiary/aromatic N) is 2. The van der Waals surface area contributed by atoms with Crippen LogP contribution in [0.25, 0.3) is 0 Å². The van der Waals surface area contributed by atoms with Crippen molar-refractivity contribution < 1.29 is 9.59 Å². The Kier molecular flexibility index (Phi) is 4.36. The zero-order chi connectivity index (χ0) is 15.7. The molecule has 5 nitrogen and oxygen atoms in total. The van der Waals surface area contributed by atoms with E-state index < -0.39 is 0 Å². The first kappa shape index (κ1) is 15.3. The van der Waals surface area contributed by atoms with Gasteiger partial charge in [-0.1, -0.05) is 23.7 Å². The van der Waals surface area contributed by atoms with Crippen LogP contribution in [-0.2, 0) is 9.59 Å². The summed E-state index contributed by atoms with van der Waals surface area (Å²) in [6.45, 7) is 2.18. The second-order valence-electron chi connectivity index (χ2n) is 5.95. The largest absolute Gasteiger partial charge is 0.341 e. The number of anilines is 1. The fourth-order valence-electron chi connectivity index (χ4n) is 3.21. The van der Waals surface area contributed by atoms with E-state index >= 15 is 0 Å². The predicted octanol–water partition coefficient (Wildman–Crippen LogP) is 1.51. The van der Waals surface area contributed by atoms with Gasteiger partial charge in [0.15, 0.2) is 0 Å². The summed E-state index contributed by atoms with van der Waals surface area (Å²) in [5.41, 5.74) is 0.689. The summed E-state index contributed by atoms with van der Waals surface area (Å²) in [6.07, 6.45) is 1.23. The maximum Gasteiger partial charge on any atom is 0.228 e. The van der Waals surface area contributed by atoms with Crippen LogP contribution >= 0.6 is 11.6 Å². The van der Waals surface area contributed by atoms with Gasteiger partial charge in [-0.2, -0.15) is 0 Å². The summed E-state index contributed by atoms with van der Waals surface area (Å²) in [5.74, 6) is -0.268. The maximum absolute atomic E-state index is 12.6. The molecule has 0 saturated carbocycles. The average molecular weight is 322 g/mol. The fraction of sp³-hybridized carbons (Fsp3) is 0.500. The molecule has 2 aliphatic rings. The summed E-state index contributed by atoms with van der Waals surface area (Å²) < 4.78 is 0. The minimum Gasteiger partial charge on any atom is -0.341 e. The van der Waals surface area contributed by atoms with Gasteiger partial charge < -0.3 is 15.1 Å². The van der Waals surface area contributed by atoms with Gasteiger partial charge in [-0.25, -0.2) is 0 Å². The van der Waals surface area contributed by atoms with E-state index in [0.29, 0.717) is 17.3 Å². The second kappa shape index (κ2) is 6.26. The smallest absolute Gasteiger partial charge is 0.228 e. The molecule has 2 aliphatic heterocycles. The second-order valence-corrected chi connectivity index (χ2v) is 6.36. The molecule has 2 amide bonds. The minimum absolute atomic E-state index is 0.0376. The summed E-state index contributed by atoms with van der Waals surface area (Å²) in [6, 6.07) is 7.49. The van der Waals surface area contributed by atoms with E-state index in [1.165, 1.54) is 0 Å². The van der Waals surface area contributed by atoms with Crippen molar-refractivity contribution in [3.8, 4) is 0 Å². The van der Waals surface area contributed by atoms with Crippen molar-refractivity contribution in [1.82, 2.24) is 10.2 Å².